The van der Waals surface area contributed by atoms with Crippen LogP contribution in [-0.2, 0) is 0 Å². The minimum Gasteiger partial charge on any atom is -0.388 e. The third-order valence-electron chi connectivity index (χ3n) is 0.895. The van der Waals surface area contributed by atoms with Crippen LogP contribution in [0.2, 0.25) is 0 Å². The highest BCUT2D eigenvalue weighted by atomic mass is 16.3. The van der Waals surface area contributed by atoms with Gasteiger partial charge >= 0.3 is 0 Å². The molecule has 46 valence electrons. The molecule has 0 rings (SSSR count). The highest BCUT2D eigenvalue weighted by Gasteiger charge is 1.92. The Hall–Kier alpha value is -0.520. The van der Waals surface area contributed by atoms with E-state index in [4.69, 9.17) is 5.11 Å². The Morgan fingerprint density at radius 1 is 1.88 bits per heavy atom. The molecule has 0 radical (unpaired) electrons. The fraction of sp³-hybridized carbons (Fsp3) is 0.571. The van der Waals surface area contributed by atoms with Crippen LogP contribution in [0.25, 0.3) is 0 Å². The lowest BCUT2D eigenvalue weighted by Crippen LogP contribution is -1.98. The quantitative estimate of drug-likeness (QED) is 0.548. The Balaban J connectivity index is 3.31. The molecular weight excluding hydrogens is 100 g/mol. The first-order valence-corrected chi connectivity index (χ1v) is 2.85. The molecular formula is C7H12O. The first-order chi connectivity index (χ1) is 3.81. The number of aliphatic hydroxyl groups is 1. The van der Waals surface area contributed by atoms with E-state index in [0.29, 0.717) is 0 Å². The smallest absolute Gasteiger partial charge is 0.0794 e. The minimum atomic E-state index is -0.336. The second kappa shape index (κ2) is 4.63. The Labute approximate surface area is 50.3 Å². The molecule has 0 aromatic heterocycles. The zero-order chi connectivity index (χ0) is 6.41. The van der Waals surface area contributed by atoms with Crippen LogP contribution in [0.4, 0.5) is 0 Å². The van der Waals surface area contributed by atoms with Crippen molar-refractivity contribution in [2.24, 2.45) is 0 Å². The van der Waals surface area contributed by atoms with Gasteiger partial charge in [0, 0.05) is 0 Å². The standard InChI is InChI=1S/C7H12O/c1-3-5-7(8)6-4-2/h5,7-8H,1,4,6H2,2H3. The van der Waals surface area contributed by atoms with Gasteiger partial charge in [0.05, 0.1) is 6.10 Å². The largest absolute Gasteiger partial charge is 0.388 e. The molecule has 1 N–H and O–H groups in total. The lowest BCUT2D eigenvalue weighted by Gasteiger charge is -1.97. The maximum atomic E-state index is 8.89. The molecule has 0 saturated carbocycles. The number of hydrogen-bond donors (Lipinski definition) is 1. The van der Waals surface area contributed by atoms with Gasteiger partial charge in [-0.1, -0.05) is 19.9 Å². The summed E-state index contributed by atoms with van der Waals surface area (Å²) in [5.41, 5.74) is 2.53. The third kappa shape index (κ3) is 3.66. The molecule has 1 atom stereocenters. The van der Waals surface area contributed by atoms with Crippen molar-refractivity contribution in [1.82, 2.24) is 0 Å². The molecule has 0 fully saturated rings. The maximum absolute atomic E-state index is 8.89. The van der Waals surface area contributed by atoms with Crippen molar-refractivity contribution < 1.29 is 5.11 Å². The van der Waals surface area contributed by atoms with Crippen LogP contribution >= 0.6 is 0 Å². The van der Waals surface area contributed by atoms with E-state index in [0.717, 1.165) is 12.8 Å². The highest BCUT2D eigenvalue weighted by molar-refractivity contribution is 4.83. The Kier molecular flexibility index (Phi) is 4.33. The van der Waals surface area contributed by atoms with Crippen molar-refractivity contribution in [3.05, 3.63) is 18.4 Å². The van der Waals surface area contributed by atoms with Gasteiger partial charge in [-0.25, -0.2) is 0 Å². The van der Waals surface area contributed by atoms with Crippen molar-refractivity contribution in [3.8, 4) is 0 Å². The summed E-state index contributed by atoms with van der Waals surface area (Å²) in [5.74, 6) is 0. The van der Waals surface area contributed by atoms with Gasteiger partial charge in [0.25, 0.3) is 0 Å². The normalized spacial score (nSPS) is 12.2. The van der Waals surface area contributed by atoms with E-state index in [1.807, 2.05) is 6.92 Å². The number of hydrogen-bond acceptors (Lipinski definition) is 1. The van der Waals surface area contributed by atoms with E-state index in [-0.39, 0.29) is 6.10 Å². The average Bonchev–Trinajstić information content (AvgIpc) is 1.68. The summed E-state index contributed by atoms with van der Waals surface area (Å²) in [5, 5.41) is 8.89. The number of aliphatic hydroxyl groups excluding tert-OH is 1. The van der Waals surface area contributed by atoms with E-state index < -0.39 is 0 Å². The summed E-state index contributed by atoms with van der Waals surface area (Å²) >= 11 is 0. The summed E-state index contributed by atoms with van der Waals surface area (Å²) < 4.78 is 0. The SMILES string of the molecule is C=C=CC(O)CCC. The molecule has 0 aliphatic rings. The van der Waals surface area contributed by atoms with Crippen molar-refractivity contribution in [2.75, 3.05) is 0 Å². The van der Waals surface area contributed by atoms with Crippen molar-refractivity contribution in [2.45, 2.75) is 25.9 Å². The molecule has 1 nitrogen and oxygen atoms in total. The van der Waals surface area contributed by atoms with E-state index in [9.17, 15) is 0 Å². The van der Waals surface area contributed by atoms with Crippen LogP contribution in [0, 0.1) is 0 Å². The molecule has 1 heteroatoms. The topological polar surface area (TPSA) is 20.2 Å². The first kappa shape index (κ1) is 7.48. The van der Waals surface area contributed by atoms with Gasteiger partial charge in [-0.05, 0) is 12.5 Å². The molecule has 1 unspecified atom stereocenters. The predicted molar refractivity (Wildman–Crippen MR) is 34.6 cm³/mol. The molecule has 0 aromatic carbocycles. The monoisotopic (exact) mass is 112 g/mol. The predicted octanol–water partition coefficient (Wildman–Crippen LogP) is 1.49. The summed E-state index contributed by atoms with van der Waals surface area (Å²) in [4.78, 5) is 0. The Morgan fingerprint density at radius 3 is 2.88 bits per heavy atom. The van der Waals surface area contributed by atoms with E-state index >= 15 is 0 Å². The minimum absolute atomic E-state index is 0.336. The van der Waals surface area contributed by atoms with Gasteiger partial charge in [0.1, 0.15) is 0 Å². The second-order valence-corrected chi connectivity index (χ2v) is 1.73. The molecule has 0 aliphatic heterocycles. The summed E-state index contributed by atoms with van der Waals surface area (Å²) in [6.07, 6.45) is 3.04. The van der Waals surface area contributed by atoms with Crippen LogP contribution in [0.3, 0.4) is 0 Å². The van der Waals surface area contributed by atoms with Crippen molar-refractivity contribution >= 4 is 0 Å². The fourth-order valence-corrected chi connectivity index (χ4v) is 0.515. The Bertz CT molecular complexity index is 90.6. The Morgan fingerprint density at radius 2 is 2.50 bits per heavy atom. The van der Waals surface area contributed by atoms with Crippen LogP contribution < -0.4 is 0 Å². The summed E-state index contributed by atoms with van der Waals surface area (Å²) in [7, 11) is 0. The third-order valence-corrected chi connectivity index (χ3v) is 0.895. The zero-order valence-corrected chi connectivity index (χ0v) is 5.22. The molecule has 8 heavy (non-hydrogen) atoms. The molecule has 0 amide bonds. The van der Waals surface area contributed by atoms with Crippen LogP contribution in [0.1, 0.15) is 19.8 Å². The van der Waals surface area contributed by atoms with Crippen molar-refractivity contribution in [1.29, 1.82) is 0 Å². The molecule has 0 bridgehead atoms. The molecule has 0 spiro atoms. The van der Waals surface area contributed by atoms with Gasteiger partial charge in [-0.2, -0.15) is 0 Å². The van der Waals surface area contributed by atoms with Gasteiger partial charge in [0.2, 0.25) is 0 Å². The van der Waals surface area contributed by atoms with Gasteiger partial charge in [-0.15, -0.1) is 5.73 Å². The van der Waals surface area contributed by atoms with Crippen molar-refractivity contribution in [3.63, 3.8) is 0 Å². The van der Waals surface area contributed by atoms with E-state index in [1.165, 1.54) is 0 Å². The molecule has 0 aromatic rings. The molecule has 0 aliphatic carbocycles. The lowest BCUT2D eigenvalue weighted by atomic mass is 10.2. The van der Waals surface area contributed by atoms with Gasteiger partial charge in [0.15, 0.2) is 0 Å². The lowest BCUT2D eigenvalue weighted by molar-refractivity contribution is 0.212. The fourth-order valence-electron chi connectivity index (χ4n) is 0.515. The number of rotatable bonds is 3. The zero-order valence-electron chi connectivity index (χ0n) is 5.22. The van der Waals surface area contributed by atoms with Crippen LogP contribution in [0.15, 0.2) is 18.4 Å². The molecule has 0 saturated heterocycles. The molecule has 0 heterocycles. The second-order valence-electron chi connectivity index (χ2n) is 1.73. The maximum Gasteiger partial charge on any atom is 0.0794 e. The van der Waals surface area contributed by atoms with Gasteiger partial charge < -0.3 is 5.11 Å². The van der Waals surface area contributed by atoms with E-state index in [2.05, 4.69) is 12.3 Å². The van der Waals surface area contributed by atoms with E-state index in [1.54, 1.807) is 6.08 Å². The summed E-state index contributed by atoms with van der Waals surface area (Å²) in [6.45, 7) is 5.37. The van der Waals surface area contributed by atoms with Crippen LogP contribution in [0.5, 0.6) is 0 Å². The first-order valence-electron chi connectivity index (χ1n) is 2.85. The van der Waals surface area contributed by atoms with Crippen LogP contribution in [-0.4, -0.2) is 11.2 Å². The summed E-state index contributed by atoms with van der Waals surface area (Å²) in [6, 6.07) is 0. The average molecular weight is 112 g/mol. The van der Waals surface area contributed by atoms with Gasteiger partial charge in [-0.3, -0.25) is 0 Å². The highest BCUT2D eigenvalue weighted by Crippen LogP contribution is 1.94.